The second-order valence-corrected chi connectivity index (χ2v) is 4.44. The van der Waals surface area contributed by atoms with Gasteiger partial charge in [-0.05, 0) is 13.3 Å². The number of rotatable bonds is 10. The summed E-state index contributed by atoms with van der Waals surface area (Å²) in [6.07, 6.45) is 10.6. The van der Waals surface area contributed by atoms with E-state index < -0.39 is 0 Å². The summed E-state index contributed by atoms with van der Waals surface area (Å²) >= 11 is 0. The molecular weight excluding hydrogens is 198 g/mol. The van der Waals surface area contributed by atoms with Crippen molar-refractivity contribution < 1.29 is 0 Å². The van der Waals surface area contributed by atoms with Crippen LogP contribution in [-0.2, 0) is 0 Å². The maximum Gasteiger partial charge on any atom is 0.188 e. The summed E-state index contributed by atoms with van der Waals surface area (Å²) in [7, 11) is 0. The molecule has 0 unspecified atom stereocenters. The minimum Gasteiger partial charge on any atom is -0.370 e. The zero-order chi connectivity index (χ0) is 12.2. The van der Waals surface area contributed by atoms with E-state index in [0.717, 1.165) is 13.1 Å². The highest BCUT2D eigenvalue weighted by atomic mass is 15.2. The molecule has 3 N–H and O–H groups in total. The molecule has 0 rings (SSSR count). The number of nitrogens with zero attached hydrogens (tertiary/aromatic N) is 1. The van der Waals surface area contributed by atoms with Crippen LogP contribution in [-0.4, -0.2) is 23.9 Å². The second-order valence-electron chi connectivity index (χ2n) is 4.44. The topological polar surface area (TPSA) is 53.1 Å². The highest BCUT2D eigenvalue weighted by Gasteiger charge is 2.01. The Bertz CT molecular complexity index is 169. The van der Waals surface area contributed by atoms with E-state index in [-0.39, 0.29) is 5.96 Å². The molecule has 0 atom stereocenters. The fourth-order valence-electron chi connectivity index (χ4n) is 1.89. The summed E-state index contributed by atoms with van der Waals surface area (Å²) in [4.78, 5) is 1.93. The fraction of sp³-hybridized carbons (Fsp3) is 0.923. The van der Waals surface area contributed by atoms with Crippen molar-refractivity contribution in [1.29, 1.82) is 5.41 Å². The summed E-state index contributed by atoms with van der Waals surface area (Å²) in [5, 5.41) is 7.35. The van der Waals surface area contributed by atoms with E-state index in [9.17, 15) is 0 Å². The normalized spacial score (nSPS) is 10.4. The SMILES string of the molecule is CCCCCCCCCCN(CC)C(=N)N. The molecule has 0 fully saturated rings. The summed E-state index contributed by atoms with van der Waals surface area (Å²) in [6.45, 7) is 6.10. The third kappa shape index (κ3) is 8.57. The van der Waals surface area contributed by atoms with Crippen molar-refractivity contribution >= 4 is 5.96 Å². The van der Waals surface area contributed by atoms with Gasteiger partial charge in [-0.3, -0.25) is 5.41 Å². The van der Waals surface area contributed by atoms with Gasteiger partial charge < -0.3 is 10.6 Å². The van der Waals surface area contributed by atoms with E-state index in [2.05, 4.69) is 6.92 Å². The van der Waals surface area contributed by atoms with Gasteiger partial charge in [-0.2, -0.15) is 0 Å². The van der Waals surface area contributed by atoms with E-state index in [4.69, 9.17) is 11.1 Å². The number of hydrogen-bond acceptors (Lipinski definition) is 1. The van der Waals surface area contributed by atoms with Gasteiger partial charge in [-0.25, -0.2) is 0 Å². The molecule has 0 aliphatic heterocycles. The minimum absolute atomic E-state index is 0.213. The molecule has 0 aromatic heterocycles. The Morgan fingerprint density at radius 1 is 0.938 bits per heavy atom. The van der Waals surface area contributed by atoms with Gasteiger partial charge in [-0.15, -0.1) is 0 Å². The van der Waals surface area contributed by atoms with Crippen LogP contribution in [0.5, 0.6) is 0 Å². The molecule has 0 spiro atoms. The largest absolute Gasteiger partial charge is 0.370 e. The first-order valence-corrected chi connectivity index (χ1v) is 6.81. The predicted octanol–water partition coefficient (Wildman–Crippen LogP) is 3.34. The standard InChI is InChI=1S/C13H29N3/c1-3-5-6-7-8-9-10-11-12-16(4-2)13(14)15/h3-12H2,1-2H3,(H3,14,15). The van der Waals surface area contributed by atoms with Crippen LogP contribution in [0.25, 0.3) is 0 Å². The van der Waals surface area contributed by atoms with Crippen LogP contribution in [0.1, 0.15) is 65.2 Å². The Hall–Kier alpha value is -0.730. The lowest BCUT2D eigenvalue weighted by Crippen LogP contribution is -2.36. The first-order valence-electron chi connectivity index (χ1n) is 6.81. The molecule has 0 bridgehead atoms. The van der Waals surface area contributed by atoms with Crippen molar-refractivity contribution in [1.82, 2.24) is 4.90 Å². The van der Waals surface area contributed by atoms with Gasteiger partial charge in [0.25, 0.3) is 0 Å². The van der Waals surface area contributed by atoms with Crippen LogP contribution in [0.15, 0.2) is 0 Å². The smallest absolute Gasteiger partial charge is 0.188 e. The lowest BCUT2D eigenvalue weighted by atomic mass is 10.1. The first kappa shape index (κ1) is 15.3. The van der Waals surface area contributed by atoms with Crippen molar-refractivity contribution in [2.45, 2.75) is 65.2 Å². The average molecular weight is 227 g/mol. The van der Waals surface area contributed by atoms with Gasteiger partial charge in [0.1, 0.15) is 0 Å². The Balaban J connectivity index is 3.22. The molecule has 16 heavy (non-hydrogen) atoms. The molecule has 3 heteroatoms. The second kappa shape index (κ2) is 10.8. The highest BCUT2D eigenvalue weighted by molar-refractivity contribution is 5.74. The van der Waals surface area contributed by atoms with Gasteiger partial charge in [0.05, 0.1) is 0 Å². The number of nitrogens with two attached hydrogens (primary N) is 1. The van der Waals surface area contributed by atoms with Crippen molar-refractivity contribution in [2.24, 2.45) is 5.73 Å². The summed E-state index contributed by atoms with van der Waals surface area (Å²) in [6, 6.07) is 0. The molecule has 0 aromatic rings. The molecule has 0 aliphatic carbocycles. The monoisotopic (exact) mass is 227 g/mol. The minimum atomic E-state index is 0.213. The molecule has 0 saturated heterocycles. The number of guanidine groups is 1. The molecule has 0 radical (unpaired) electrons. The van der Waals surface area contributed by atoms with Crippen molar-refractivity contribution in [3.63, 3.8) is 0 Å². The Kier molecular flexibility index (Phi) is 10.3. The zero-order valence-electron chi connectivity index (χ0n) is 11.1. The van der Waals surface area contributed by atoms with Crippen LogP contribution in [0.3, 0.4) is 0 Å². The number of hydrogen-bond donors (Lipinski definition) is 2. The van der Waals surface area contributed by atoms with Gasteiger partial charge in [0.15, 0.2) is 5.96 Å². The molecule has 0 aromatic carbocycles. The number of nitrogens with one attached hydrogen (secondary N) is 1. The molecule has 3 nitrogen and oxygen atoms in total. The molecule has 0 saturated carbocycles. The fourth-order valence-corrected chi connectivity index (χ4v) is 1.89. The van der Waals surface area contributed by atoms with E-state index in [1.807, 2.05) is 11.8 Å². The van der Waals surface area contributed by atoms with Crippen LogP contribution < -0.4 is 5.73 Å². The third-order valence-corrected chi connectivity index (χ3v) is 3.00. The van der Waals surface area contributed by atoms with Crippen LogP contribution in [0, 0.1) is 5.41 Å². The van der Waals surface area contributed by atoms with Crippen LogP contribution >= 0.6 is 0 Å². The summed E-state index contributed by atoms with van der Waals surface area (Å²) < 4.78 is 0. The van der Waals surface area contributed by atoms with E-state index >= 15 is 0 Å². The maximum absolute atomic E-state index is 7.35. The van der Waals surface area contributed by atoms with Gasteiger partial charge in [0.2, 0.25) is 0 Å². The molecule has 0 heterocycles. The van der Waals surface area contributed by atoms with Crippen LogP contribution in [0.2, 0.25) is 0 Å². The van der Waals surface area contributed by atoms with Gasteiger partial charge >= 0.3 is 0 Å². The highest BCUT2D eigenvalue weighted by Crippen LogP contribution is 2.08. The molecule has 0 aliphatic rings. The quantitative estimate of drug-likeness (QED) is 0.342. The maximum atomic E-state index is 7.35. The van der Waals surface area contributed by atoms with Gasteiger partial charge in [0, 0.05) is 13.1 Å². The van der Waals surface area contributed by atoms with Crippen molar-refractivity contribution in [3.8, 4) is 0 Å². The average Bonchev–Trinajstić information content (AvgIpc) is 2.26. The van der Waals surface area contributed by atoms with E-state index in [0.29, 0.717) is 0 Å². The van der Waals surface area contributed by atoms with E-state index in [1.165, 1.54) is 51.4 Å². The van der Waals surface area contributed by atoms with Gasteiger partial charge in [-0.1, -0.05) is 51.9 Å². The van der Waals surface area contributed by atoms with Crippen molar-refractivity contribution in [2.75, 3.05) is 13.1 Å². The Morgan fingerprint density at radius 2 is 1.44 bits per heavy atom. The predicted molar refractivity (Wildman–Crippen MR) is 71.8 cm³/mol. The molecule has 96 valence electrons. The zero-order valence-corrected chi connectivity index (χ0v) is 11.1. The molecule has 0 amide bonds. The van der Waals surface area contributed by atoms with Crippen molar-refractivity contribution in [3.05, 3.63) is 0 Å². The third-order valence-electron chi connectivity index (χ3n) is 3.00. The molecular formula is C13H29N3. The lowest BCUT2D eigenvalue weighted by Gasteiger charge is -2.20. The number of unbranched alkanes of at least 4 members (excludes halogenated alkanes) is 7. The Morgan fingerprint density at radius 3 is 1.88 bits per heavy atom. The Labute approximate surface area is 101 Å². The summed E-state index contributed by atoms with van der Waals surface area (Å²) in [5.41, 5.74) is 5.45. The van der Waals surface area contributed by atoms with Crippen LogP contribution in [0.4, 0.5) is 0 Å². The summed E-state index contributed by atoms with van der Waals surface area (Å²) in [5.74, 6) is 0.213. The first-order chi connectivity index (χ1) is 7.72. The lowest BCUT2D eigenvalue weighted by molar-refractivity contribution is 0.411. The van der Waals surface area contributed by atoms with E-state index in [1.54, 1.807) is 0 Å².